The normalized spacial score (nSPS) is 11.2. The predicted octanol–water partition coefficient (Wildman–Crippen LogP) is 3.48. The van der Waals surface area contributed by atoms with E-state index in [9.17, 15) is 9.50 Å². The Morgan fingerprint density at radius 1 is 0.941 bits per heavy atom. The van der Waals surface area contributed by atoms with Crippen LogP contribution in [0.25, 0.3) is 0 Å². The summed E-state index contributed by atoms with van der Waals surface area (Å²) in [5.41, 5.74) is 0.696. The predicted molar refractivity (Wildman–Crippen MR) is 71.7 cm³/mol. The minimum absolute atomic E-state index is 0.292. The Kier molecular flexibility index (Phi) is 6.37. The van der Waals surface area contributed by atoms with Crippen molar-refractivity contribution in [3.05, 3.63) is 72.0 Å². The third-order valence-corrected chi connectivity index (χ3v) is 2.44. The van der Waals surface area contributed by atoms with E-state index in [0.29, 0.717) is 11.3 Å². The fourth-order valence-electron chi connectivity index (χ4n) is 1.18. The van der Waals surface area contributed by atoms with Crippen LogP contribution in [-0.2, 0) is 0 Å². The summed E-state index contributed by atoms with van der Waals surface area (Å²) in [6, 6.07) is 17.7. The third kappa shape index (κ3) is 5.52. The van der Waals surface area contributed by atoms with Gasteiger partial charge in [0.25, 0.3) is 0 Å². The van der Waals surface area contributed by atoms with Gasteiger partial charge in [-0.25, -0.2) is 4.39 Å². The first kappa shape index (κ1) is 13.7. The molecular formula is C14H15FOS. The average molecular weight is 250 g/mol. The van der Waals surface area contributed by atoms with Gasteiger partial charge in [-0.15, -0.1) is 0 Å². The molecule has 0 saturated carbocycles. The van der Waals surface area contributed by atoms with Crippen molar-refractivity contribution in [3.8, 4) is 0 Å². The van der Waals surface area contributed by atoms with Gasteiger partial charge in [-0.1, -0.05) is 48.5 Å². The Bertz CT molecular complexity index is 376. The summed E-state index contributed by atoms with van der Waals surface area (Å²) in [7, 11) is 0. The third-order valence-electron chi connectivity index (χ3n) is 2.09. The van der Waals surface area contributed by atoms with Crippen molar-refractivity contribution in [1.29, 1.82) is 0 Å². The fraction of sp³-hybridized carbons (Fsp3) is 0.143. The Hall–Kier alpha value is -1.32. The van der Waals surface area contributed by atoms with Gasteiger partial charge in [-0.05, 0) is 17.7 Å². The first-order valence-electron chi connectivity index (χ1n) is 5.28. The number of rotatable bonds is 2. The smallest absolute Gasteiger partial charge is 0.123 e. The minimum atomic E-state index is -0.598. The van der Waals surface area contributed by atoms with Crippen molar-refractivity contribution in [2.24, 2.45) is 0 Å². The highest BCUT2D eigenvalue weighted by molar-refractivity contribution is 7.80. The van der Waals surface area contributed by atoms with Crippen molar-refractivity contribution < 1.29 is 9.50 Å². The van der Waals surface area contributed by atoms with E-state index in [1.165, 1.54) is 12.1 Å². The van der Waals surface area contributed by atoms with Crippen LogP contribution in [0.15, 0.2) is 60.7 Å². The zero-order valence-corrected chi connectivity index (χ0v) is 10.2. The molecule has 1 N–H and O–H groups in total. The molecule has 0 heterocycles. The molecule has 0 spiro atoms. The highest BCUT2D eigenvalue weighted by atomic mass is 32.1. The van der Waals surface area contributed by atoms with E-state index in [0.717, 1.165) is 0 Å². The molecule has 90 valence electrons. The van der Waals surface area contributed by atoms with Crippen LogP contribution >= 0.6 is 12.6 Å². The van der Waals surface area contributed by atoms with E-state index in [-0.39, 0.29) is 5.82 Å². The van der Waals surface area contributed by atoms with Crippen molar-refractivity contribution in [3.63, 3.8) is 0 Å². The molecule has 2 rings (SSSR count). The molecule has 0 radical (unpaired) electrons. The number of thiol groups is 1. The lowest BCUT2D eigenvalue weighted by Gasteiger charge is -2.05. The Morgan fingerprint density at radius 2 is 1.35 bits per heavy atom. The monoisotopic (exact) mass is 250 g/mol. The van der Waals surface area contributed by atoms with Crippen LogP contribution in [0.2, 0.25) is 0 Å². The number of aliphatic hydroxyl groups is 1. The lowest BCUT2D eigenvalue weighted by atomic mass is 10.1. The quantitative estimate of drug-likeness (QED) is 0.782. The standard InChI is InChI=1S/C8H9FOS.C6H6/c9-7-3-1-6(2-4-7)8(10)5-11;1-2-4-6-5-3-1/h1-4,8,10-11H,5H2;1-6H. The number of benzene rings is 2. The molecule has 1 atom stereocenters. The lowest BCUT2D eigenvalue weighted by molar-refractivity contribution is 0.204. The molecule has 17 heavy (non-hydrogen) atoms. The van der Waals surface area contributed by atoms with Crippen LogP contribution in [0.3, 0.4) is 0 Å². The molecule has 0 saturated heterocycles. The van der Waals surface area contributed by atoms with E-state index in [4.69, 9.17) is 0 Å². The maximum atomic E-state index is 12.4. The zero-order valence-electron chi connectivity index (χ0n) is 9.33. The second-order valence-electron chi connectivity index (χ2n) is 3.40. The number of hydrogen-bond acceptors (Lipinski definition) is 2. The second-order valence-corrected chi connectivity index (χ2v) is 3.77. The van der Waals surface area contributed by atoms with Crippen LogP contribution in [0.5, 0.6) is 0 Å². The molecule has 0 fully saturated rings. The van der Waals surface area contributed by atoms with Gasteiger partial charge >= 0.3 is 0 Å². The van der Waals surface area contributed by atoms with E-state index in [1.54, 1.807) is 12.1 Å². The highest BCUT2D eigenvalue weighted by Gasteiger charge is 2.03. The maximum Gasteiger partial charge on any atom is 0.123 e. The van der Waals surface area contributed by atoms with Gasteiger partial charge in [-0.2, -0.15) is 12.6 Å². The summed E-state index contributed by atoms with van der Waals surface area (Å²) in [6.45, 7) is 0. The molecule has 0 amide bonds. The molecule has 0 aliphatic heterocycles. The Balaban J connectivity index is 0.000000202. The zero-order chi connectivity index (χ0) is 12.5. The first-order valence-corrected chi connectivity index (χ1v) is 5.91. The first-order chi connectivity index (χ1) is 8.24. The van der Waals surface area contributed by atoms with Gasteiger partial charge in [0.15, 0.2) is 0 Å². The van der Waals surface area contributed by atoms with E-state index < -0.39 is 6.10 Å². The molecule has 1 unspecified atom stereocenters. The molecule has 2 aromatic rings. The summed E-state index contributed by atoms with van der Waals surface area (Å²) in [5.74, 6) is 0.0612. The van der Waals surface area contributed by atoms with E-state index in [1.807, 2.05) is 36.4 Å². The van der Waals surface area contributed by atoms with Crippen molar-refractivity contribution in [2.75, 3.05) is 5.75 Å². The Morgan fingerprint density at radius 3 is 1.71 bits per heavy atom. The molecular weight excluding hydrogens is 235 g/mol. The minimum Gasteiger partial charge on any atom is -0.388 e. The van der Waals surface area contributed by atoms with Crippen molar-refractivity contribution in [1.82, 2.24) is 0 Å². The van der Waals surface area contributed by atoms with Gasteiger partial charge in [0.2, 0.25) is 0 Å². The SMILES string of the molecule is OC(CS)c1ccc(F)cc1.c1ccccc1. The summed E-state index contributed by atoms with van der Waals surface area (Å²) >= 11 is 3.91. The Labute approximate surface area is 106 Å². The topological polar surface area (TPSA) is 20.2 Å². The van der Waals surface area contributed by atoms with Gasteiger partial charge in [-0.3, -0.25) is 0 Å². The molecule has 0 aliphatic rings. The summed E-state index contributed by atoms with van der Waals surface area (Å²) in [4.78, 5) is 0. The number of halogens is 1. The van der Waals surface area contributed by atoms with Gasteiger partial charge in [0, 0.05) is 5.75 Å². The van der Waals surface area contributed by atoms with Crippen LogP contribution < -0.4 is 0 Å². The van der Waals surface area contributed by atoms with Crippen LogP contribution in [-0.4, -0.2) is 10.9 Å². The van der Waals surface area contributed by atoms with Crippen molar-refractivity contribution in [2.45, 2.75) is 6.10 Å². The average Bonchev–Trinajstić information content (AvgIpc) is 2.41. The molecule has 1 nitrogen and oxygen atoms in total. The van der Waals surface area contributed by atoms with Crippen LogP contribution in [0.1, 0.15) is 11.7 Å². The second kappa shape index (κ2) is 7.87. The number of aliphatic hydroxyl groups excluding tert-OH is 1. The lowest BCUT2D eigenvalue weighted by Crippen LogP contribution is -1.97. The highest BCUT2D eigenvalue weighted by Crippen LogP contribution is 2.13. The molecule has 3 heteroatoms. The summed E-state index contributed by atoms with van der Waals surface area (Å²) in [5, 5.41) is 9.22. The fourth-order valence-corrected chi connectivity index (χ4v) is 1.39. The van der Waals surface area contributed by atoms with Crippen LogP contribution in [0.4, 0.5) is 4.39 Å². The molecule has 0 aromatic heterocycles. The van der Waals surface area contributed by atoms with Crippen LogP contribution in [0, 0.1) is 5.82 Å². The van der Waals surface area contributed by atoms with Gasteiger partial charge in [0.05, 0.1) is 6.10 Å². The van der Waals surface area contributed by atoms with Gasteiger partial charge < -0.3 is 5.11 Å². The maximum absolute atomic E-state index is 12.4. The largest absolute Gasteiger partial charge is 0.388 e. The molecule has 2 aromatic carbocycles. The van der Waals surface area contributed by atoms with Crippen molar-refractivity contribution >= 4 is 12.6 Å². The number of hydrogen-bond donors (Lipinski definition) is 2. The molecule has 0 aliphatic carbocycles. The summed E-state index contributed by atoms with van der Waals surface area (Å²) in [6.07, 6.45) is -0.598. The molecule has 0 bridgehead atoms. The van der Waals surface area contributed by atoms with Gasteiger partial charge in [0.1, 0.15) is 5.82 Å². The van der Waals surface area contributed by atoms with E-state index in [2.05, 4.69) is 12.6 Å². The summed E-state index contributed by atoms with van der Waals surface area (Å²) < 4.78 is 12.4. The van der Waals surface area contributed by atoms with E-state index >= 15 is 0 Å².